The van der Waals surface area contributed by atoms with Crippen LogP contribution >= 0.6 is 0 Å². The molecule has 0 aliphatic carbocycles. The Balaban J connectivity index is 1.62. The summed E-state index contributed by atoms with van der Waals surface area (Å²) < 4.78 is 42.3. The molecule has 0 heterocycles. The van der Waals surface area contributed by atoms with Crippen LogP contribution in [0, 0.1) is 11.5 Å². The lowest BCUT2D eigenvalue weighted by Gasteiger charge is -2.28. The molecule has 0 saturated heterocycles. The molecule has 0 saturated carbocycles. The highest BCUT2D eigenvalue weighted by atomic mass is 28.3. The molecule has 0 fully saturated rings. The van der Waals surface area contributed by atoms with E-state index in [1.807, 2.05) is 109 Å². The van der Waals surface area contributed by atoms with Gasteiger partial charge in [-0.25, -0.2) is 0 Å². The summed E-state index contributed by atoms with van der Waals surface area (Å²) in [5, 5.41) is 6.44. The second kappa shape index (κ2) is 11.6. The van der Waals surface area contributed by atoms with Gasteiger partial charge in [0.2, 0.25) is 8.07 Å². The van der Waals surface area contributed by atoms with Gasteiger partial charge in [-0.3, -0.25) is 0 Å². The molecule has 0 spiro atoms. The number of hydrogen-bond acceptors (Lipinski definition) is 0. The van der Waals surface area contributed by atoms with E-state index in [1.54, 1.807) is 6.07 Å². The minimum Gasteiger partial charge on any atom is -0.166 e. The van der Waals surface area contributed by atoms with Crippen LogP contribution in [0.3, 0.4) is 0 Å². The largest absolute Gasteiger partial charge is 0.416 e. The zero-order chi connectivity index (χ0) is 30.9. The molecule has 0 aliphatic rings. The SMILES string of the molecule is FC(F)(F)c1ccc2c(C#C[Si](c3ccccc3)(c3ccccc3)c3ccccc3)c3ccccc3c(-c3ccccc3)c2c1. The summed E-state index contributed by atoms with van der Waals surface area (Å²) in [6.07, 6.45) is -4.48. The van der Waals surface area contributed by atoms with Crippen molar-refractivity contribution in [1.29, 1.82) is 0 Å². The maximum atomic E-state index is 14.1. The van der Waals surface area contributed by atoms with E-state index in [1.165, 1.54) is 12.1 Å². The second-order valence-electron chi connectivity index (χ2n) is 11.0. The normalized spacial score (nSPS) is 11.7. The fraction of sp³-hybridized carbons (Fsp3) is 0.0244. The summed E-state index contributed by atoms with van der Waals surface area (Å²) in [5.74, 6) is 3.63. The third-order valence-electron chi connectivity index (χ3n) is 8.41. The maximum absolute atomic E-state index is 14.1. The van der Waals surface area contributed by atoms with Crippen molar-refractivity contribution in [3.05, 3.63) is 175 Å². The van der Waals surface area contributed by atoms with E-state index >= 15 is 0 Å². The van der Waals surface area contributed by atoms with Crippen LogP contribution in [0.4, 0.5) is 13.2 Å². The first-order valence-electron chi connectivity index (χ1n) is 14.8. The van der Waals surface area contributed by atoms with E-state index in [2.05, 4.69) is 47.9 Å². The molecule has 0 amide bonds. The number of halogens is 3. The highest BCUT2D eigenvalue weighted by Gasteiger charge is 2.38. The van der Waals surface area contributed by atoms with Crippen molar-refractivity contribution < 1.29 is 13.2 Å². The van der Waals surface area contributed by atoms with Crippen molar-refractivity contribution in [2.75, 3.05) is 0 Å². The van der Waals surface area contributed by atoms with E-state index in [0.717, 1.165) is 43.0 Å². The Hall–Kier alpha value is -5.37. The lowest BCUT2D eigenvalue weighted by molar-refractivity contribution is -0.137. The summed E-state index contributed by atoms with van der Waals surface area (Å²) in [6.45, 7) is 0. The van der Waals surface area contributed by atoms with Crippen LogP contribution in [-0.4, -0.2) is 8.07 Å². The van der Waals surface area contributed by atoms with E-state index < -0.39 is 19.8 Å². The van der Waals surface area contributed by atoms with E-state index in [-0.39, 0.29) is 0 Å². The summed E-state index contributed by atoms with van der Waals surface area (Å²) >= 11 is 0. The molecule has 0 aliphatic heterocycles. The van der Waals surface area contributed by atoms with Gasteiger partial charge >= 0.3 is 6.18 Å². The monoisotopic (exact) mass is 604 g/mol. The highest BCUT2D eigenvalue weighted by molar-refractivity contribution is 7.16. The molecule has 7 aromatic carbocycles. The Morgan fingerprint density at radius 3 is 1.40 bits per heavy atom. The first-order valence-corrected chi connectivity index (χ1v) is 16.8. The Kier molecular flexibility index (Phi) is 7.33. The average molecular weight is 605 g/mol. The molecule has 0 aromatic heterocycles. The molecule has 0 N–H and O–H groups in total. The van der Waals surface area contributed by atoms with Gasteiger partial charge in [0.05, 0.1) is 5.56 Å². The molecule has 7 rings (SSSR count). The quantitative estimate of drug-likeness (QED) is 0.0816. The fourth-order valence-electron chi connectivity index (χ4n) is 6.34. The molecule has 45 heavy (non-hydrogen) atoms. The van der Waals surface area contributed by atoms with Crippen LogP contribution < -0.4 is 15.6 Å². The molecule has 0 radical (unpaired) electrons. The van der Waals surface area contributed by atoms with Gasteiger partial charge in [0.1, 0.15) is 0 Å². The summed E-state index contributed by atoms with van der Waals surface area (Å²) in [6, 6.07) is 52.8. The van der Waals surface area contributed by atoms with Gasteiger partial charge in [-0.2, -0.15) is 13.2 Å². The molecule has 0 bridgehead atoms. The van der Waals surface area contributed by atoms with Crippen molar-refractivity contribution in [2.24, 2.45) is 0 Å². The van der Waals surface area contributed by atoms with Crippen LogP contribution in [0.5, 0.6) is 0 Å². The number of alkyl halides is 3. The molecule has 0 nitrogen and oxygen atoms in total. The lowest BCUT2D eigenvalue weighted by Crippen LogP contribution is -2.66. The van der Waals surface area contributed by atoms with Crippen molar-refractivity contribution in [3.63, 3.8) is 0 Å². The van der Waals surface area contributed by atoms with Gasteiger partial charge in [-0.1, -0.05) is 158 Å². The van der Waals surface area contributed by atoms with Crippen LogP contribution in [-0.2, 0) is 6.18 Å². The minimum atomic E-state index is -4.48. The molecule has 7 aromatic rings. The summed E-state index contributed by atoms with van der Waals surface area (Å²) in [5.41, 5.74) is 5.54. The Labute approximate surface area is 261 Å². The van der Waals surface area contributed by atoms with Crippen molar-refractivity contribution in [2.45, 2.75) is 6.18 Å². The lowest BCUT2D eigenvalue weighted by atomic mass is 9.88. The van der Waals surface area contributed by atoms with Gasteiger partial charge in [0.15, 0.2) is 0 Å². The van der Waals surface area contributed by atoms with Gasteiger partial charge in [0, 0.05) is 5.56 Å². The Bertz CT molecular complexity index is 2080. The third kappa shape index (κ3) is 5.12. The topological polar surface area (TPSA) is 0 Å². The fourth-order valence-corrected chi connectivity index (χ4v) is 10.2. The molecular formula is C41H27F3Si. The Morgan fingerprint density at radius 2 is 0.889 bits per heavy atom. The zero-order valence-corrected chi connectivity index (χ0v) is 25.2. The Morgan fingerprint density at radius 1 is 0.444 bits per heavy atom. The van der Waals surface area contributed by atoms with Gasteiger partial charge < -0.3 is 0 Å². The molecule has 0 unspecified atom stereocenters. The van der Waals surface area contributed by atoms with E-state index in [9.17, 15) is 13.2 Å². The number of fused-ring (bicyclic) bond motifs is 2. The standard InChI is InChI=1S/C41H27F3Si/c42-41(43,44)31-25-26-36-37(35-23-13-14-24-38(35)40(39(36)29-31)30-15-5-1-6-16-30)27-28-45(32-17-7-2-8-18-32,33-19-9-3-10-20-33)34-21-11-4-12-22-34/h1-26,29H. The van der Waals surface area contributed by atoms with Crippen molar-refractivity contribution in [1.82, 2.24) is 0 Å². The van der Waals surface area contributed by atoms with Gasteiger partial charge in [-0.15, -0.1) is 5.54 Å². The first-order chi connectivity index (χ1) is 22.0. The molecular weight excluding hydrogens is 578 g/mol. The second-order valence-corrected chi connectivity index (χ2v) is 14.5. The van der Waals surface area contributed by atoms with Crippen LogP contribution in [0.25, 0.3) is 32.7 Å². The summed E-state index contributed by atoms with van der Waals surface area (Å²) in [4.78, 5) is 0. The van der Waals surface area contributed by atoms with E-state index in [0.29, 0.717) is 10.8 Å². The third-order valence-corrected chi connectivity index (χ3v) is 12.5. The number of hydrogen-bond donors (Lipinski definition) is 0. The van der Waals surface area contributed by atoms with Crippen molar-refractivity contribution >= 4 is 45.2 Å². The molecule has 216 valence electrons. The van der Waals surface area contributed by atoms with E-state index in [4.69, 9.17) is 0 Å². The van der Waals surface area contributed by atoms with Crippen LogP contribution in [0.15, 0.2) is 164 Å². The summed E-state index contributed by atoms with van der Waals surface area (Å²) in [7, 11) is -2.94. The van der Waals surface area contributed by atoms with Crippen molar-refractivity contribution in [3.8, 4) is 22.6 Å². The average Bonchev–Trinajstić information content (AvgIpc) is 3.09. The maximum Gasteiger partial charge on any atom is 0.416 e. The van der Waals surface area contributed by atoms with Crippen LogP contribution in [0.2, 0.25) is 0 Å². The first kappa shape index (κ1) is 28.4. The molecule has 4 heteroatoms. The minimum absolute atomic E-state index is 0.533. The predicted octanol–water partition coefficient (Wildman–Crippen LogP) is 8.74. The highest BCUT2D eigenvalue weighted by Crippen LogP contribution is 2.41. The predicted molar refractivity (Wildman–Crippen MR) is 183 cm³/mol. The smallest absolute Gasteiger partial charge is 0.166 e. The zero-order valence-electron chi connectivity index (χ0n) is 24.2. The number of rotatable bonds is 4. The number of benzene rings is 7. The van der Waals surface area contributed by atoms with Gasteiger partial charge in [-0.05, 0) is 60.4 Å². The van der Waals surface area contributed by atoms with Crippen LogP contribution in [0.1, 0.15) is 11.1 Å². The van der Waals surface area contributed by atoms with Gasteiger partial charge in [0.25, 0.3) is 0 Å². The molecule has 0 atom stereocenters.